The van der Waals surface area contributed by atoms with E-state index in [1.54, 1.807) is 7.11 Å². The third kappa shape index (κ3) is 2.50. The van der Waals surface area contributed by atoms with Gasteiger partial charge in [-0.3, -0.25) is 4.79 Å². The molecular weight excluding hydrogens is 224 g/mol. The van der Waals surface area contributed by atoms with Crippen molar-refractivity contribution in [3.05, 3.63) is 23.3 Å². The molecule has 0 radical (unpaired) electrons. The summed E-state index contributed by atoms with van der Waals surface area (Å²) in [6, 6.07) is 3.75. The van der Waals surface area contributed by atoms with Crippen molar-refractivity contribution in [1.29, 1.82) is 0 Å². The highest BCUT2D eigenvalue weighted by molar-refractivity contribution is 5.67. The number of hydrogen-bond acceptors (Lipinski definition) is 4. The fourth-order valence-electron chi connectivity index (χ4n) is 1.82. The maximum atomic E-state index is 10.6. The highest BCUT2D eigenvalue weighted by atomic mass is 16.7. The molecular formula is C12H14O5. The van der Waals surface area contributed by atoms with E-state index in [9.17, 15) is 4.79 Å². The van der Waals surface area contributed by atoms with Gasteiger partial charge in [0.25, 0.3) is 0 Å². The average Bonchev–Trinajstić information content (AvgIpc) is 2.77. The molecule has 0 bridgehead atoms. The number of benzene rings is 1. The van der Waals surface area contributed by atoms with E-state index < -0.39 is 5.97 Å². The van der Waals surface area contributed by atoms with E-state index >= 15 is 0 Å². The van der Waals surface area contributed by atoms with Gasteiger partial charge in [0.2, 0.25) is 6.79 Å². The Kier molecular flexibility index (Phi) is 3.49. The molecule has 17 heavy (non-hydrogen) atoms. The van der Waals surface area contributed by atoms with Crippen molar-refractivity contribution in [2.45, 2.75) is 19.4 Å². The van der Waals surface area contributed by atoms with Gasteiger partial charge in [0.1, 0.15) is 0 Å². The van der Waals surface area contributed by atoms with Crippen LogP contribution in [0.15, 0.2) is 12.1 Å². The summed E-state index contributed by atoms with van der Waals surface area (Å²) in [5, 5.41) is 8.67. The lowest BCUT2D eigenvalue weighted by Crippen LogP contribution is -1.99. The van der Waals surface area contributed by atoms with E-state index in [0.717, 1.165) is 11.1 Å². The van der Waals surface area contributed by atoms with Gasteiger partial charge in [0, 0.05) is 19.1 Å². The number of fused-ring (bicyclic) bond motifs is 1. The van der Waals surface area contributed by atoms with Gasteiger partial charge in [-0.05, 0) is 12.0 Å². The molecule has 0 amide bonds. The number of carboxylic acids is 1. The molecule has 1 aliphatic heterocycles. The van der Waals surface area contributed by atoms with Crippen LogP contribution >= 0.6 is 0 Å². The molecule has 0 unspecified atom stereocenters. The molecule has 0 spiro atoms. The van der Waals surface area contributed by atoms with Crippen molar-refractivity contribution in [2.75, 3.05) is 13.9 Å². The minimum Gasteiger partial charge on any atom is -0.481 e. The highest BCUT2D eigenvalue weighted by Crippen LogP contribution is 2.39. The van der Waals surface area contributed by atoms with E-state index in [1.165, 1.54) is 0 Å². The lowest BCUT2D eigenvalue weighted by atomic mass is 10.0. The number of carboxylic acid groups (broad SMARTS) is 1. The molecule has 0 saturated carbocycles. The van der Waals surface area contributed by atoms with Crippen LogP contribution in [0, 0.1) is 0 Å². The molecule has 0 fully saturated rings. The zero-order valence-electron chi connectivity index (χ0n) is 9.56. The lowest BCUT2D eigenvalue weighted by Gasteiger charge is -2.08. The normalized spacial score (nSPS) is 12.8. The second-order valence-electron chi connectivity index (χ2n) is 3.78. The average molecular weight is 238 g/mol. The van der Waals surface area contributed by atoms with Gasteiger partial charge >= 0.3 is 5.97 Å². The maximum absolute atomic E-state index is 10.6. The fourth-order valence-corrected chi connectivity index (χ4v) is 1.82. The fraction of sp³-hybridized carbons (Fsp3) is 0.417. The lowest BCUT2D eigenvalue weighted by molar-refractivity contribution is -0.136. The van der Waals surface area contributed by atoms with E-state index in [1.807, 2.05) is 12.1 Å². The third-order valence-electron chi connectivity index (χ3n) is 2.59. The van der Waals surface area contributed by atoms with Crippen molar-refractivity contribution in [3.8, 4) is 11.5 Å². The quantitative estimate of drug-likeness (QED) is 0.843. The van der Waals surface area contributed by atoms with Crippen molar-refractivity contribution >= 4 is 5.97 Å². The zero-order valence-corrected chi connectivity index (χ0v) is 9.56. The first-order valence-corrected chi connectivity index (χ1v) is 5.33. The number of methoxy groups -OCH3 is 1. The first-order valence-electron chi connectivity index (χ1n) is 5.33. The molecule has 5 nitrogen and oxygen atoms in total. The number of carbonyl (C=O) groups is 1. The van der Waals surface area contributed by atoms with E-state index in [2.05, 4.69) is 0 Å². The standard InChI is InChI=1S/C12H14O5/c1-15-6-9-3-2-8(4-5-10(13)14)11-12(9)17-7-16-11/h2-3H,4-7H2,1H3,(H,13,14). The van der Waals surface area contributed by atoms with Gasteiger partial charge in [0.15, 0.2) is 11.5 Å². The summed E-state index contributed by atoms with van der Waals surface area (Å²) in [7, 11) is 1.61. The Bertz CT molecular complexity index is 427. The summed E-state index contributed by atoms with van der Waals surface area (Å²) in [4.78, 5) is 10.6. The minimum atomic E-state index is -0.821. The van der Waals surface area contributed by atoms with Crippen LogP contribution in [0.2, 0.25) is 0 Å². The van der Waals surface area contributed by atoms with Crippen LogP contribution in [0.5, 0.6) is 11.5 Å². The summed E-state index contributed by atoms with van der Waals surface area (Å²) in [5.41, 5.74) is 1.78. The van der Waals surface area contributed by atoms with Crippen LogP contribution in [0.3, 0.4) is 0 Å². The Balaban J connectivity index is 2.24. The summed E-state index contributed by atoms with van der Waals surface area (Å²) in [5.74, 6) is 0.508. The van der Waals surface area contributed by atoms with Gasteiger partial charge in [-0.2, -0.15) is 0 Å². The van der Waals surface area contributed by atoms with Crippen LogP contribution < -0.4 is 9.47 Å². The molecule has 1 heterocycles. The van der Waals surface area contributed by atoms with Crippen LogP contribution in [-0.2, 0) is 22.6 Å². The zero-order chi connectivity index (χ0) is 12.3. The second-order valence-corrected chi connectivity index (χ2v) is 3.78. The first-order chi connectivity index (χ1) is 8.22. The molecule has 0 atom stereocenters. The number of hydrogen-bond donors (Lipinski definition) is 1. The van der Waals surface area contributed by atoms with E-state index in [0.29, 0.717) is 24.5 Å². The minimum absolute atomic E-state index is 0.0828. The van der Waals surface area contributed by atoms with Crippen LogP contribution in [-0.4, -0.2) is 25.0 Å². The van der Waals surface area contributed by atoms with Crippen molar-refractivity contribution in [2.24, 2.45) is 0 Å². The summed E-state index contributed by atoms with van der Waals surface area (Å²) < 4.78 is 15.8. The predicted molar refractivity (Wildman–Crippen MR) is 59.2 cm³/mol. The monoisotopic (exact) mass is 238 g/mol. The Morgan fingerprint density at radius 1 is 1.35 bits per heavy atom. The molecule has 0 aliphatic carbocycles. The highest BCUT2D eigenvalue weighted by Gasteiger charge is 2.21. The van der Waals surface area contributed by atoms with Gasteiger partial charge in [-0.15, -0.1) is 0 Å². The summed E-state index contributed by atoms with van der Waals surface area (Å²) in [6.07, 6.45) is 0.522. The molecule has 1 aliphatic rings. The largest absolute Gasteiger partial charge is 0.481 e. The summed E-state index contributed by atoms with van der Waals surface area (Å²) in [6.45, 7) is 0.626. The van der Waals surface area contributed by atoms with Crippen molar-refractivity contribution < 1.29 is 24.1 Å². The summed E-state index contributed by atoms with van der Waals surface area (Å²) >= 11 is 0. The maximum Gasteiger partial charge on any atom is 0.303 e. The van der Waals surface area contributed by atoms with Crippen LogP contribution in [0.4, 0.5) is 0 Å². The molecule has 1 N–H and O–H groups in total. The van der Waals surface area contributed by atoms with Crippen LogP contribution in [0.1, 0.15) is 17.5 Å². The van der Waals surface area contributed by atoms with Crippen LogP contribution in [0.25, 0.3) is 0 Å². The van der Waals surface area contributed by atoms with Crippen molar-refractivity contribution in [1.82, 2.24) is 0 Å². The van der Waals surface area contributed by atoms with Gasteiger partial charge in [-0.25, -0.2) is 0 Å². The molecule has 5 heteroatoms. The Hall–Kier alpha value is -1.75. The van der Waals surface area contributed by atoms with Gasteiger partial charge in [0.05, 0.1) is 6.61 Å². The molecule has 1 aromatic rings. The SMILES string of the molecule is COCc1ccc(CCC(=O)O)c2c1OCO2. The molecule has 92 valence electrons. The topological polar surface area (TPSA) is 65.0 Å². The van der Waals surface area contributed by atoms with Gasteiger partial charge < -0.3 is 19.3 Å². The van der Waals surface area contributed by atoms with Gasteiger partial charge in [-0.1, -0.05) is 12.1 Å². The number of aliphatic carboxylic acids is 1. The number of aryl methyl sites for hydroxylation is 1. The van der Waals surface area contributed by atoms with Crippen molar-refractivity contribution in [3.63, 3.8) is 0 Å². The second kappa shape index (κ2) is 5.05. The Morgan fingerprint density at radius 3 is 2.65 bits per heavy atom. The smallest absolute Gasteiger partial charge is 0.303 e. The first kappa shape index (κ1) is 11.7. The molecule has 0 saturated heterocycles. The third-order valence-corrected chi connectivity index (χ3v) is 2.59. The van der Waals surface area contributed by atoms with E-state index in [4.69, 9.17) is 19.3 Å². The molecule has 2 rings (SSSR count). The van der Waals surface area contributed by atoms with E-state index in [-0.39, 0.29) is 13.2 Å². The molecule has 0 aromatic heterocycles. The Labute approximate surface area is 98.9 Å². The Morgan fingerprint density at radius 2 is 2.00 bits per heavy atom. The number of rotatable bonds is 5. The number of ether oxygens (including phenoxy) is 3. The molecule has 1 aromatic carbocycles. The predicted octanol–water partition coefficient (Wildman–Crippen LogP) is 1.58.